The molecule has 0 bridgehead atoms. The molecule has 0 spiro atoms. The Balaban J connectivity index is 1.34. The van der Waals surface area contributed by atoms with Crippen molar-refractivity contribution >= 4 is 27.8 Å². The van der Waals surface area contributed by atoms with E-state index in [1.165, 1.54) is 6.20 Å². The van der Waals surface area contributed by atoms with E-state index in [4.69, 9.17) is 0 Å². The minimum Gasteiger partial charge on any atom is -0.352 e. The van der Waals surface area contributed by atoms with Crippen molar-refractivity contribution in [3.05, 3.63) is 66.5 Å². The lowest BCUT2D eigenvalue weighted by Gasteiger charge is -2.22. The summed E-state index contributed by atoms with van der Waals surface area (Å²) in [5, 5.41) is 12.1. The molecule has 1 amide bonds. The molecular formula is C27H26FN7O. The van der Waals surface area contributed by atoms with Gasteiger partial charge in [-0.05, 0) is 55.6 Å². The molecule has 1 atom stereocenters. The predicted molar refractivity (Wildman–Crippen MR) is 137 cm³/mol. The molecule has 1 aliphatic heterocycles. The number of piperidine rings is 1. The van der Waals surface area contributed by atoms with Crippen LogP contribution in [0.25, 0.3) is 44.3 Å². The van der Waals surface area contributed by atoms with Gasteiger partial charge in [-0.1, -0.05) is 12.1 Å². The number of hydrogen-bond donors (Lipinski definition) is 3. The fraction of sp³-hybridized carbons (Fsp3) is 0.259. The summed E-state index contributed by atoms with van der Waals surface area (Å²) in [5.41, 5.74) is 4.63. The zero-order chi connectivity index (χ0) is 24.6. The number of pyridine rings is 2. The largest absolute Gasteiger partial charge is 0.352 e. The van der Waals surface area contributed by atoms with Crippen LogP contribution in [0.5, 0.6) is 0 Å². The van der Waals surface area contributed by atoms with Gasteiger partial charge in [0.2, 0.25) is 0 Å². The summed E-state index contributed by atoms with van der Waals surface area (Å²) in [4.78, 5) is 24.8. The molecule has 8 nitrogen and oxygen atoms in total. The third kappa shape index (κ3) is 4.11. The van der Waals surface area contributed by atoms with E-state index < -0.39 is 5.82 Å². The van der Waals surface area contributed by atoms with E-state index in [9.17, 15) is 4.79 Å². The summed E-state index contributed by atoms with van der Waals surface area (Å²) >= 11 is 0. The van der Waals surface area contributed by atoms with Gasteiger partial charge in [-0.2, -0.15) is 5.10 Å². The summed E-state index contributed by atoms with van der Waals surface area (Å²) in [6.07, 6.45) is 8.84. The molecule has 182 valence electrons. The number of nitrogens with one attached hydrogen (secondary N) is 3. The average molecular weight is 484 g/mol. The zero-order valence-corrected chi connectivity index (χ0v) is 19.9. The first-order chi connectivity index (χ1) is 17.6. The highest BCUT2D eigenvalue weighted by Gasteiger charge is 2.19. The van der Waals surface area contributed by atoms with Crippen molar-refractivity contribution in [1.82, 2.24) is 35.4 Å². The summed E-state index contributed by atoms with van der Waals surface area (Å²) in [6.45, 7) is 2.62. The van der Waals surface area contributed by atoms with E-state index in [0.29, 0.717) is 40.2 Å². The number of carbonyl (C=O) groups is 1. The molecule has 1 saturated heterocycles. The third-order valence-corrected chi connectivity index (χ3v) is 6.85. The maximum Gasteiger partial charge on any atom is 0.251 e. The lowest BCUT2D eigenvalue weighted by Crippen LogP contribution is -2.38. The minimum absolute atomic E-state index is 0.119. The molecule has 6 rings (SSSR count). The van der Waals surface area contributed by atoms with Gasteiger partial charge in [0.05, 0.1) is 29.8 Å². The molecule has 4 aromatic heterocycles. The number of hydrogen-bond acceptors (Lipinski definition) is 5. The SMILES string of the molecule is Cn1cc(-c2cc3c(cn2)[nH]c2ncc(F)c(-c4ccc(C(=O)NC[C@@H]5CCCNC5)cc4)c23)cn1. The molecule has 0 saturated carbocycles. The van der Waals surface area contributed by atoms with Crippen LogP contribution in [-0.4, -0.2) is 50.3 Å². The zero-order valence-electron chi connectivity index (χ0n) is 19.9. The first-order valence-corrected chi connectivity index (χ1v) is 12.1. The Bertz CT molecular complexity index is 1560. The van der Waals surface area contributed by atoms with Crippen LogP contribution in [0.3, 0.4) is 0 Å². The van der Waals surface area contributed by atoms with Gasteiger partial charge in [-0.3, -0.25) is 14.5 Å². The predicted octanol–water partition coefficient (Wildman–Crippen LogP) is 4.05. The molecule has 5 aromatic rings. The molecule has 0 aliphatic carbocycles. The second-order valence-corrected chi connectivity index (χ2v) is 9.35. The Labute approximate surface area is 207 Å². The standard InChI is InChI=1S/C27H26FN7O/c1-35-15-19(12-33-35)22-9-20-23(14-30-22)34-26-25(20)24(21(28)13-31-26)17-4-6-18(7-5-17)27(36)32-11-16-3-2-8-29-10-16/h4-7,9,12-16,29H,2-3,8,10-11H2,1H3,(H,31,34)(H,32,36)/t16-/m1/s1. The van der Waals surface area contributed by atoms with Crippen LogP contribution in [-0.2, 0) is 7.05 Å². The van der Waals surface area contributed by atoms with Gasteiger partial charge in [0.1, 0.15) is 11.5 Å². The fourth-order valence-corrected chi connectivity index (χ4v) is 4.95. The number of amides is 1. The molecule has 1 aliphatic rings. The number of benzene rings is 1. The number of aryl methyl sites for hydroxylation is 1. The number of nitrogens with zero attached hydrogens (tertiary/aromatic N) is 4. The molecule has 36 heavy (non-hydrogen) atoms. The first-order valence-electron chi connectivity index (χ1n) is 12.1. The number of aromatic nitrogens is 5. The quantitative estimate of drug-likeness (QED) is 0.350. The van der Waals surface area contributed by atoms with Gasteiger partial charge in [0.25, 0.3) is 5.91 Å². The van der Waals surface area contributed by atoms with Crippen LogP contribution in [0.15, 0.2) is 55.1 Å². The summed E-state index contributed by atoms with van der Waals surface area (Å²) in [6, 6.07) is 8.99. The van der Waals surface area contributed by atoms with E-state index in [1.54, 1.807) is 41.3 Å². The van der Waals surface area contributed by atoms with Crippen LogP contribution in [0.1, 0.15) is 23.2 Å². The lowest BCUT2D eigenvalue weighted by atomic mass is 9.98. The van der Waals surface area contributed by atoms with Crippen molar-refractivity contribution in [3.8, 4) is 22.4 Å². The Morgan fingerprint density at radius 2 is 2.03 bits per heavy atom. The Morgan fingerprint density at radius 1 is 1.17 bits per heavy atom. The number of rotatable bonds is 5. The maximum atomic E-state index is 15.2. The average Bonchev–Trinajstić information content (AvgIpc) is 3.51. The highest BCUT2D eigenvalue weighted by atomic mass is 19.1. The summed E-state index contributed by atoms with van der Waals surface area (Å²) < 4.78 is 16.9. The Hall–Kier alpha value is -4.11. The topological polar surface area (TPSA) is 101 Å². The molecule has 3 N–H and O–H groups in total. The van der Waals surface area contributed by atoms with E-state index in [0.717, 1.165) is 48.1 Å². The normalized spacial score (nSPS) is 16.0. The second-order valence-electron chi connectivity index (χ2n) is 9.35. The van der Waals surface area contributed by atoms with Crippen molar-refractivity contribution in [3.63, 3.8) is 0 Å². The maximum absolute atomic E-state index is 15.2. The van der Waals surface area contributed by atoms with E-state index >= 15 is 4.39 Å². The molecule has 0 radical (unpaired) electrons. The van der Waals surface area contributed by atoms with Crippen LogP contribution >= 0.6 is 0 Å². The van der Waals surface area contributed by atoms with Crippen LogP contribution < -0.4 is 10.6 Å². The molecule has 9 heteroatoms. The number of carbonyl (C=O) groups excluding carboxylic acids is 1. The monoisotopic (exact) mass is 483 g/mol. The number of fused-ring (bicyclic) bond motifs is 3. The first kappa shape index (κ1) is 22.4. The van der Waals surface area contributed by atoms with Crippen LogP contribution in [0.4, 0.5) is 4.39 Å². The van der Waals surface area contributed by atoms with Gasteiger partial charge in [0.15, 0.2) is 0 Å². The summed E-state index contributed by atoms with van der Waals surface area (Å²) in [7, 11) is 1.85. The van der Waals surface area contributed by atoms with Crippen molar-refractivity contribution in [1.29, 1.82) is 0 Å². The smallest absolute Gasteiger partial charge is 0.251 e. The van der Waals surface area contributed by atoms with Gasteiger partial charge in [0, 0.05) is 47.3 Å². The van der Waals surface area contributed by atoms with Crippen molar-refractivity contribution in [2.24, 2.45) is 13.0 Å². The van der Waals surface area contributed by atoms with Gasteiger partial charge in [-0.25, -0.2) is 9.37 Å². The Kier molecular flexibility index (Phi) is 5.69. The second kappa shape index (κ2) is 9.16. The van der Waals surface area contributed by atoms with Crippen molar-refractivity contribution < 1.29 is 9.18 Å². The number of halogens is 1. The van der Waals surface area contributed by atoms with Crippen molar-refractivity contribution in [2.45, 2.75) is 12.8 Å². The highest BCUT2D eigenvalue weighted by Crippen LogP contribution is 2.36. The highest BCUT2D eigenvalue weighted by molar-refractivity contribution is 6.13. The number of aromatic amines is 1. The fourth-order valence-electron chi connectivity index (χ4n) is 4.95. The van der Waals surface area contributed by atoms with E-state index in [1.807, 2.05) is 19.3 Å². The minimum atomic E-state index is -0.426. The molecule has 1 aromatic carbocycles. The third-order valence-electron chi connectivity index (χ3n) is 6.85. The van der Waals surface area contributed by atoms with E-state index in [2.05, 4.69) is 30.7 Å². The Morgan fingerprint density at radius 3 is 2.78 bits per heavy atom. The van der Waals surface area contributed by atoms with Gasteiger partial charge in [-0.15, -0.1) is 0 Å². The van der Waals surface area contributed by atoms with E-state index in [-0.39, 0.29) is 5.91 Å². The van der Waals surface area contributed by atoms with Crippen LogP contribution in [0.2, 0.25) is 0 Å². The lowest BCUT2D eigenvalue weighted by molar-refractivity contribution is 0.0945. The van der Waals surface area contributed by atoms with Crippen molar-refractivity contribution in [2.75, 3.05) is 19.6 Å². The molecular weight excluding hydrogens is 457 g/mol. The van der Waals surface area contributed by atoms with Gasteiger partial charge >= 0.3 is 0 Å². The van der Waals surface area contributed by atoms with Gasteiger partial charge < -0.3 is 15.6 Å². The van der Waals surface area contributed by atoms with Crippen LogP contribution in [0, 0.1) is 11.7 Å². The molecule has 0 unspecified atom stereocenters. The summed E-state index contributed by atoms with van der Waals surface area (Å²) in [5.74, 6) is -0.0917. The number of H-pyrrole nitrogens is 1. The molecule has 5 heterocycles. The molecule has 1 fully saturated rings.